The number of hydrogen-bond acceptors (Lipinski definition) is 4. The van der Waals surface area contributed by atoms with Crippen molar-refractivity contribution in [1.82, 2.24) is 5.43 Å². The van der Waals surface area contributed by atoms with E-state index in [1.807, 2.05) is 31.2 Å². The monoisotopic (exact) mass is 326 g/mol. The fourth-order valence-corrected chi connectivity index (χ4v) is 2.00. The zero-order valence-electron chi connectivity index (χ0n) is 13.2. The van der Waals surface area contributed by atoms with Gasteiger partial charge < -0.3 is 9.84 Å². The van der Waals surface area contributed by atoms with Crippen LogP contribution in [0, 0.1) is 0 Å². The molecule has 2 aromatic rings. The number of para-hydroxylation sites is 1. The van der Waals surface area contributed by atoms with E-state index in [9.17, 15) is 9.59 Å². The molecule has 0 saturated carbocycles. The normalized spacial score (nSPS) is 10.5. The standard InChI is InChI=1S/C18H18N2O4/c1-2-14-5-3-4-6-16(14)24-12-17(21)20-19-11-13-7-9-15(10-8-13)18(22)23/h3-11H,2,12H2,1H3,(H,20,21)(H,22,23)/b19-11+. The molecule has 0 atom stereocenters. The Balaban J connectivity index is 1.83. The van der Waals surface area contributed by atoms with E-state index in [0.29, 0.717) is 11.3 Å². The number of nitrogens with zero attached hydrogens (tertiary/aromatic N) is 1. The predicted molar refractivity (Wildman–Crippen MR) is 90.5 cm³/mol. The molecule has 124 valence electrons. The largest absolute Gasteiger partial charge is 0.483 e. The average molecular weight is 326 g/mol. The van der Waals surface area contributed by atoms with Crippen molar-refractivity contribution < 1.29 is 19.4 Å². The van der Waals surface area contributed by atoms with Crippen molar-refractivity contribution in [3.63, 3.8) is 0 Å². The maximum absolute atomic E-state index is 11.7. The third-order valence-corrected chi connectivity index (χ3v) is 3.27. The van der Waals surface area contributed by atoms with Gasteiger partial charge in [0, 0.05) is 0 Å². The van der Waals surface area contributed by atoms with Crippen molar-refractivity contribution in [3.05, 3.63) is 65.2 Å². The van der Waals surface area contributed by atoms with E-state index in [1.165, 1.54) is 18.3 Å². The Kier molecular flexibility index (Phi) is 6.08. The van der Waals surface area contributed by atoms with Gasteiger partial charge in [0.2, 0.25) is 0 Å². The minimum atomic E-state index is -0.990. The summed E-state index contributed by atoms with van der Waals surface area (Å²) >= 11 is 0. The quantitative estimate of drug-likeness (QED) is 0.604. The summed E-state index contributed by atoms with van der Waals surface area (Å²) in [5.41, 5.74) is 4.27. The van der Waals surface area contributed by atoms with Crippen LogP contribution < -0.4 is 10.2 Å². The van der Waals surface area contributed by atoms with Crippen molar-refractivity contribution in [3.8, 4) is 5.75 Å². The number of carbonyl (C=O) groups excluding carboxylic acids is 1. The third-order valence-electron chi connectivity index (χ3n) is 3.27. The lowest BCUT2D eigenvalue weighted by atomic mass is 10.1. The molecule has 2 rings (SSSR count). The summed E-state index contributed by atoms with van der Waals surface area (Å²) < 4.78 is 5.48. The third kappa shape index (κ3) is 4.95. The summed E-state index contributed by atoms with van der Waals surface area (Å²) in [6.07, 6.45) is 2.26. The van der Waals surface area contributed by atoms with E-state index in [1.54, 1.807) is 12.1 Å². The topological polar surface area (TPSA) is 88.0 Å². The molecule has 0 aliphatic carbocycles. The summed E-state index contributed by atoms with van der Waals surface area (Å²) in [6.45, 7) is 1.88. The van der Waals surface area contributed by atoms with Gasteiger partial charge in [-0.15, -0.1) is 0 Å². The lowest BCUT2D eigenvalue weighted by Crippen LogP contribution is -2.24. The minimum absolute atomic E-state index is 0.133. The summed E-state index contributed by atoms with van der Waals surface area (Å²) in [4.78, 5) is 22.5. The molecule has 0 heterocycles. The van der Waals surface area contributed by atoms with Crippen LogP contribution in [0.15, 0.2) is 53.6 Å². The Hall–Kier alpha value is -3.15. The van der Waals surface area contributed by atoms with Crippen LogP contribution in [0.4, 0.5) is 0 Å². The highest BCUT2D eigenvalue weighted by Crippen LogP contribution is 2.17. The molecule has 24 heavy (non-hydrogen) atoms. The number of carboxylic acids is 1. The zero-order valence-corrected chi connectivity index (χ0v) is 13.2. The van der Waals surface area contributed by atoms with Gasteiger partial charge >= 0.3 is 5.97 Å². The molecule has 0 bridgehead atoms. The number of hydrogen-bond donors (Lipinski definition) is 2. The maximum atomic E-state index is 11.7. The number of nitrogens with one attached hydrogen (secondary N) is 1. The molecule has 0 spiro atoms. The van der Waals surface area contributed by atoms with Gasteiger partial charge in [-0.25, -0.2) is 10.2 Å². The average Bonchev–Trinajstić information content (AvgIpc) is 2.60. The molecule has 2 aromatic carbocycles. The van der Waals surface area contributed by atoms with Gasteiger partial charge in [-0.2, -0.15) is 5.10 Å². The Bertz CT molecular complexity index is 739. The number of ether oxygens (including phenoxy) is 1. The van der Waals surface area contributed by atoms with E-state index in [2.05, 4.69) is 10.5 Å². The molecular formula is C18H18N2O4. The van der Waals surface area contributed by atoms with E-state index in [0.717, 1.165) is 12.0 Å². The molecule has 0 unspecified atom stereocenters. The van der Waals surface area contributed by atoms with Gasteiger partial charge in [-0.05, 0) is 35.7 Å². The van der Waals surface area contributed by atoms with E-state index >= 15 is 0 Å². The van der Waals surface area contributed by atoms with Crippen LogP contribution in [-0.2, 0) is 11.2 Å². The molecule has 6 heteroatoms. The SMILES string of the molecule is CCc1ccccc1OCC(=O)N/N=C/c1ccc(C(=O)O)cc1. The second kappa shape index (κ2) is 8.47. The summed E-state index contributed by atoms with van der Waals surface area (Å²) in [6, 6.07) is 13.7. The summed E-state index contributed by atoms with van der Waals surface area (Å²) in [5, 5.41) is 12.6. The second-order valence-electron chi connectivity index (χ2n) is 4.97. The van der Waals surface area contributed by atoms with Gasteiger partial charge in [0.25, 0.3) is 5.91 Å². The van der Waals surface area contributed by atoms with Crippen LogP contribution in [0.1, 0.15) is 28.4 Å². The predicted octanol–water partition coefficient (Wildman–Crippen LogP) is 2.48. The first-order chi connectivity index (χ1) is 11.6. The Morgan fingerprint density at radius 1 is 1.17 bits per heavy atom. The lowest BCUT2D eigenvalue weighted by molar-refractivity contribution is -0.123. The molecular weight excluding hydrogens is 308 g/mol. The van der Waals surface area contributed by atoms with Crippen LogP contribution in [0.3, 0.4) is 0 Å². The molecule has 0 aromatic heterocycles. The Morgan fingerprint density at radius 2 is 1.88 bits per heavy atom. The molecule has 0 fully saturated rings. The van der Waals surface area contributed by atoms with Crippen LogP contribution >= 0.6 is 0 Å². The first-order valence-electron chi connectivity index (χ1n) is 7.46. The number of carbonyl (C=O) groups is 2. The first kappa shape index (κ1) is 17.2. The molecule has 0 radical (unpaired) electrons. The molecule has 0 aliphatic heterocycles. The number of aryl methyl sites for hydroxylation is 1. The highest BCUT2D eigenvalue weighted by atomic mass is 16.5. The van der Waals surface area contributed by atoms with Crippen molar-refractivity contribution in [1.29, 1.82) is 0 Å². The number of hydrazone groups is 1. The maximum Gasteiger partial charge on any atom is 0.335 e. The van der Waals surface area contributed by atoms with Gasteiger partial charge in [-0.3, -0.25) is 4.79 Å². The van der Waals surface area contributed by atoms with Crippen molar-refractivity contribution in [2.24, 2.45) is 5.10 Å². The van der Waals surface area contributed by atoms with Gasteiger partial charge in [0.1, 0.15) is 5.75 Å². The van der Waals surface area contributed by atoms with Gasteiger partial charge in [0.15, 0.2) is 6.61 Å². The number of rotatable bonds is 7. The summed E-state index contributed by atoms with van der Waals surface area (Å²) in [7, 11) is 0. The molecule has 1 amide bonds. The van der Waals surface area contributed by atoms with Crippen molar-refractivity contribution in [2.75, 3.05) is 6.61 Å². The van der Waals surface area contributed by atoms with Crippen LogP contribution in [0.2, 0.25) is 0 Å². The van der Waals surface area contributed by atoms with Crippen molar-refractivity contribution >= 4 is 18.1 Å². The second-order valence-corrected chi connectivity index (χ2v) is 4.97. The molecule has 6 nitrogen and oxygen atoms in total. The summed E-state index contributed by atoms with van der Waals surface area (Å²) in [5.74, 6) is -0.681. The molecule has 0 saturated heterocycles. The van der Waals surface area contributed by atoms with Crippen LogP contribution in [0.5, 0.6) is 5.75 Å². The van der Waals surface area contributed by atoms with E-state index in [4.69, 9.17) is 9.84 Å². The number of amides is 1. The Labute approximate surface area is 139 Å². The number of benzene rings is 2. The Morgan fingerprint density at radius 3 is 2.54 bits per heavy atom. The van der Waals surface area contributed by atoms with Crippen LogP contribution in [0.25, 0.3) is 0 Å². The van der Waals surface area contributed by atoms with Crippen molar-refractivity contribution in [2.45, 2.75) is 13.3 Å². The highest BCUT2D eigenvalue weighted by molar-refractivity contribution is 5.89. The fourth-order valence-electron chi connectivity index (χ4n) is 2.00. The molecule has 2 N–H and O–H groups in total. The number of aromatic carboxylic acids is 1. The van der Waals surface area contributed by atoms with Crippen LogP contribution in [-0.4, -0.2) is 29.8 Å². The van der Waals surface area contributed by atoms with Gasteiger partial charge in [-0.1, -0.05) is 37.3 Å². The minimum Gasteiger partial charge on any atom is -0.483 e. The first-order valence-corrected chi connectivity index (χ1v) is 7.46. The number of carboxylic acid groups (broad SMARTS) is 1. The highest BCUT2D eigenvalue weighted by Gasteiger charge is 2.05. The molecule has 0 aliphatic rings. The fraction of sp³-hybridized carbons (Fsp3) is 0.167. The van der Waals surface area contributed by atoms with E-state index < -0.39 is 5.97 Å². The smallest absolute Gasteiger partial charge is 0.335 e. The zero-order chi connectivity index (χ0) is 17.4. The lowest BCUT2D eigenvalue weighted by Gasteiger charge is -2.08. The van der Waals surface area contributed by atoms with Gasteiger partial charge in [0.05, 0.1) is 11.8 Å². The van der Waals surface area contributed by atoms with E-state index in [-0.39, 0.29) is 18.1 Å².